The lowest BCUT2D eigenvalue weighted by atomic mass is 9.73. The van der Waals surface area contributed by atoms with Gasteiger partial charge in [-0.15, -0.1) is 0 Å². The Labute approximate surface area is 473 Å². The molecular formula is C46H61N4O25S7+. The summed E-state index contributed by atoms with van der Waals surface area (Å²) in [6, 6.07) is 6.27. The largest absolute Gasteiger partial charge is 0.481 e. The van der Waals surface area contributed by atoms with Gasteiger partial charge in [0.05, 0.1) is 39.1 Å². The maximum Gasteiger partial charge on any atom is 0.303 e. The van der Waals surface area contributed by atoms with Gasteiger partial charge in [0, 0.05) is 89.1 Å². The van der Waals surface area contributed by atoms with E-state index in [0.29, 0.717) is 6.07 Å². The Hall–Kier alpha value is -5.35. The van der Waals surface area contributed by atoms with Crippen molar-refractivity contribution in [2.45, 2.75) is 92.3 Å². The van der Waals surface area contributed by atoms with E-state index in [4.69, 9.17) is 0 Å². The summed E-state index contributed by atoms with van der Waals surface area (Å²) in [7, 11) is -34.0. The van der Waals surface area contributed by atoms with Gasteiger partial charge in [0.1, 0.15) is 11.4 Å². The maximum absolute atomic E-state index is 14.3. The first-order valence-corrected chi connectivity index (χ1v) is 35.5. The van der Waals surface area contributed by atoms with E-state index in [1.165, 1.54) is 48.3 Å². The van der Waals surface area contributed by atoms with Gasteiger partial charge < -0.3 is 20.6 Å². The number of unbranched alkanes of at least 4 members (excludes halogenated alkanes) is 2. The highest BCUT2D eigenvalue weighted by atomic mass is 32.2. The van der Waals surface area contributed by atoms with Crippen LogP contribution >= 0.6 is 0 Å². The van der Waals surface area contributed by atoms with Crippen molar-refractivity contribution in [1.29, 1.82) is 0 Å². The van der Waals surface area contributed by atoms with E-state index in [0.717, 1.165) is 12.1 Å². The second kappa shape index (κ2) is 25.5. The van der Waals surface area contributed by atoms with Crippen LogP contribution in [0.1, 0.15) is 103 Å². The van der Waals surface area contributed by atoms with Gasteiger partial charge in [0.15, 0.2) is 5.71 Å². The first kappa shape index (κ1) is 67.4. The molecule has 0 aromatic heterocycles. The molecule has 2 aliphatic rings. The fraction of sp³-hybridized carbons (Fsp3) is 0.478. The Balaban J connectivity index is 1.90. The topological polar surface area (TPSA) is 482 Å². The van der Waals surface area contributed by atoms with Gasteiger partial charge in [-0.05, 0) is 101 Å². The molecule has 0 saturated carbocycles. The van der Waals surface area contributed by atoms with Gasteiger partial charge in [0.2, 0.25) is 5.69 Å². The van der Waals surface area contributed by atoms with Gasteiger partial charge in [0.25, 0.3) is 82.6 Å². The van der Waals surface area contributed by atoms with Crippen molar-refractivity contribution < 1.29 is 115 Å². The Morgan fingerprint density at radius 1 is 0.585 bits per heavy atom. The summed E-state index contributed by atoms with van der Waals surface area (Å²) < 4.78 is 241. The molecule has 0 spiro atoms. The molecule has 2 amide bonds. The van der Waals surface area contributed by atoms with Gasteiger partial charge in [-0.1, -0.05) is 6.08 Å². The number of hydrogen-bond donors (Lipinski definition) is 10. The molecule has 2 unspecified atom stereocenters. The first-order chi connectivity index (χ1) is 37.5. The van der Waals surface area contributed by atoms with Crippen LogP contribution in [0, 0.1) is 0 Å². The lowest BCUT2D eigenvalue weighted by molar-refractivity contribution is -0.438. The third-order valence-corrected chi connectivity index (χ3v) is 19.2. The Bertz CT molecular complexity index is 3980. The molecule has 29 nitrogen and oxygen atoms in total. The highest BCUT2D eigenvalue weighted by Gasteiger charge is 2.50. The molecule has 2 atom stereocenters. The van der Waals surface area contributed by atoms with Crippen molar-refractivity contribution in [3.8, 4) is 0 Å². The van der Waals surface area contributed by atoms with Crippen molar-refractivity contribution in [3.63, 3.8) is 0 Å². The van der Waals surface area contributed by atoms with Gasteiger partial charge in [-0.25, -0.2) is 0 Å². The number of carboxylic acid groups (broad SMARTS) is 1. The van der Waals surface area contributed by atoms with Gasteiger partial charge >= 0.3 is 5.97 Å². The van der Waals surface area contributed by atoms with E-state index in [1.807, 2.05) is 0 Å². The van der Waals surface area contributed by atoms with E-state index >= 15 is 0 Å². The maximum atomic E-state index is 14.3. The molecule has 0 radical (unpaired) electrons. The minimum Gasteiger partial charge on any atom is -0.481 e. The number of carbonyl (C=O) groups is 3. The predicted molar refractivity (Wildman–Crippen MR) is 295 cm³/mol. The number of nitrogens with one attached hydrogen (secondary N) is 2. The number of nitrogens with zero attached hydrogens (tertiary/aromatic N) is 2. The average molecular weight is 1290 g/mol. The standard InChI is InChI=1S/C46H60N4O25S7/c1-45(15-7-21-76(55,56)57)38(49(19-5-3-4-12-40(51)52)35-14-13-32-33(41(35)45)28-31(81(70,71)72)29-37(32)82(73,74)75)10-6-11-39-46(2,16-8-22-77(58,59)60)42-34(44(54)48-18-25-80(67,68)69)26-30(43(53)47-17-24-79(64,65)66)27-36(42)50(39)20-9-23-78(61,62)63/h6,10-11,13-14,26-29H,3-5,7-9,12,15-25H2,1-2H3,(H9-,47,48,51,52,53,54,55,56,57,58,59,60,61,62,63,64,65,66,67,68,69,70,71,72,73,74,75)/p+1. The monoisotopic (exact) mass is 1290 g/mol. The number of aliphatic carboxylic acids is 1. The summed E-state index contributed by atoms with van der Waals surface area (Å²) in [5.74, 6) is -7.89. The van der Waals surface area contributed by atoms with Crippen LogP contribution in [0.15, 0.2) is 70.1 Å². The SMILES string of the molecule is CC1(CCCS(=O)(=O)O)C(=CC=CC2=[N+](CCCCCC(=O)O)c3ccc4c(S(=O)(=O)O)cc(S(=O)(=O)O)cc4c3C2(C)CCCS(=O)(=O)O)N(CCCS(=O)(=O)O)c2cc(C(=O)NCCS(=O)(=O)O)cc(C(=O)NCCS(=O)(=O)O)c21. The molecule has 3 aromatic rings. The van der Waals surface area contributed by atoms with Gasteiger partial charge in [-0.2, -0.15) is 63.5 Å². The first-order valence-electron chi connectivity index (χ1n) is 24.6. The molecule has 5 rings (SSSR count). The molecule has 82 heavy (non-hydrogen) atoms. The zero-order valence-corrected chi connectivity index (χ0v) is 49.4. The molecule has 2 heterocycles. The molecule has 0 fully saturated rings. The number of benzene rings is 3. The van der Waals surface area contributed by atoms with Crippen LogP contribution in [0.25, 0.3) is 10.8 Å². The molecule has 0 bridgehead atoms. The minimum absolute atomic E-state index is 0.0110. The number of hydrogen-bond acceptors (Lipinski definition) is 18. The highest BCUT2D eigenvalue weighted by molar-refractivity contribution is 7.87. The third-order valence-electron chi connectivity index (χ3n) is 13.7. The quantitative estimate of drug-likeness (QED) is 0.0260. The third kappa shape index (κ3) is 17.8. The lowest BCUT2D eigenvalue weighted by Crippen LogP contribution is -2.34. The van der Waals surface area contributed by atoms with E-state index in [-0.39, 0.29) is 96.2 Å². The summed E-state index contributed by atoms with van der Waals surface area (Å²) in [5.41, 5.74) is -3.62. The van der Waals surface area contributed by atoms with Crippen LogP contribution in [-0.4, -0.2) is 179 Å². The Morgan fingerprint density at radius 2 is 1.12 bits per heavy atom. The fourth-order valence-electron chi connectivity index (χ4n) is 10.3. The van der Waals surface area contributed by atoms with Crippen molar-refractivity contribution in [1.82, 2.24) is 10.6 Å². The van der Waals surface area contributed by atoms with Crippen molar-refractivity contribution in [2.75, 3.05) is 59.8 Å². The minimum atomic E-state index is -5.28. The van der Waals surface area contributed by atoms with Crippen LogP contribution in [-0.2, 0) is 86.5 Å². The van der Waals surface area contributed by atoms with Crippen LogP contribution in [0.2, 0.25) is 0 Å². The summed E-state index contributed by atoms with van der Waals surface area (Å²) in [5, 5.41) is 13.5. The van der Waals surface area contributed by atoms with E-state index in [9.17, 15) is 110 Å². The molecule has 36 heteroatoms. The Kier molecular flexibility index (Phi) is 20.9. The number of allylic oxidation sites excluding steroid dienone is 4. The lowest BCUT2D eigenvalue weighted by Gasteiger charge is -2.31. The van der Waals surface area contributed by atoms with Crippen LogP contribution in [0.5, 0.6) is 0 Å². The number of amides is 2. The van der Waals surface area contributed by atoms with Crippen LogP contribution < -0.4 is 15.5 Å². The predicted octanol–water partition coefficient (Wildman–Crippen LogP) is 2.40. The van der Waals surface area contributed by atoms with Crippen molar-refractivity contribution >= 4 is 116 Å². The summed E-state index contributed by atoms with van der Waals surface area (Å²) in [4.78, 5) is 39.0. The zero-order chi connectivity index (χ0) is 61.8. The molecular weight excluding hydrogens is 1230 g/mol. The number of anilines is 1. The van der Waals surface area contributed by atoms with E-state index in [2.05, 4.69) is 10.6 Å². The van der Waals surface area contributed by atoms with E-state index in [1.54, 1.807) is 11.5 Å². The molecule has 0 aliphatic carbocycles. The van der Waals surface area contributed by atoms with Crippen molar-refractivity contribution in [3.05, 3.63) is 82.6 Å². The van der Waals surface area contributed by atoms with Crippen LogP contribution in [0.3, 0.4) is 0 Å². The average Bonchev–Trinajstić information content (AvgIpc) is 3.96. The summed E-state index contributed by atoms with van der Waals surface area (Å²) in [6.45, 7) is 1.21. The second-order valence-corrected chi connectivity index (χ2v) is 30.5. The molecule has 0 saturated heterocycles. The van der Waals surface area contributed by atoms with Crippen molar-refractivity contribution in [2.24, 2.45) is 0 Å². The molecule has 456 valence electrons. The fourth-order valence-corrected chi connectivity index (χ4v) is 13.8. The second-order valence-electron chi connectivity index (χ2n) is 19.8. The number of carbonyl (C=O) groups excluding carboxylic acids is 2. The van der Waals surface area contributed by atoms with Crippen LogP contribution in [0.4, 0.5) is 11.4 Å². The molecule has 2 aliphatic heterocycles. The number of carboxylic acids is 1. The zero-order valence-electron chi connectivity index (χ0n) is 43.7. The summed E-state index contributed by atoms with van der Waals surface area (Å²) >= 11 is 0. The smallest absolute Gasteiger partial charge is 0.303 e. The normalized spacial score (nSPS) is 18.6. The van der Waals surface area contributed by atoms with E-state index < -0.39 is 182 Å². The number of fused-ring (bicyclic) bond motifs is 4. The number of rotatable bonds is 30. The van der Waals surface area contributed by atoms with Gasteiger partial charge in [-0.3, -0.25) is 46.3 Å². The summed E-state index contributed by atoms with van der Waals surface area (Å²) in [6.07, 6.45) is 2.96. The molecule has 10 N–H and O–H groups in total. The Morgan fingerprint density at radius 3 is 1.65 bits per heavy atom. The molecule has 3 aromatic carbocycles. The highest BCUT2D eigenvalue weighted by Crippen LogP contribution is 2.53.